The van der Waals surface area contributed by atoms with Crippen LogP contribution in [0.2, 0.25) is 0 Å². The van der Waals surface area contributed by atoms with E-state index in [0.717, 1.165) is 29.1 Å². The standard InChI is InChI=1S/C14H19N3O/c1-4-10-5-6-14(18-3)12(7-10)13-8-11(9-15)16-17(13)2/h5-8H,4,9,15H2,1-3H3. The van der Waals surface area contributed by atoms with Crippen LogP contribution in [0.4, 0.5) is 0 Å². The summed E-state index contributed by atoms with van der Waals surface area (Å²) in [6.07, 6.45) is 0.999. The van der Waals surface area contributed by atoms with Crippen molar-refractivity contribution in [1.82, 2.24) is 9.78 Å². The van der Waals surface area contributed by atoms with E-state index in [-0.39, 0.29) is 0 Å². The summed E-state index contributed by atoms with van der Waals surface area (Å²) in [4.78, 5) is 0. The molecule has 0 radical (unpaired) electrons. The minimum absolute atomic E-state index is 0.448. The SMILES string of the molecule is CCc1ccc(OC)c(-c2cc(CN)nn2C)c1. The molecule has 0 spiro atoms. The molecule has 0 aliphatic carbocycles. The Labute approximate surface area is 107 Å². The molecule has 4 nitrogen and oxygen atoms in total. The van der Waals surface area contributed by atoms with Gasteiger partial charge in [0.15, 0.2) is 0 Å². The van der Waals surface area contributed by atoms with E-state index < -0.39 is 0 Å². The molecule has 0 saturated carbocycles. The first-order valence-electron chi connectivity index (χ1n) is 6.09. The number of aromatic nitrogens is 2. The van der Waals surface area contributed by atoms with Gasteiger partial charge in [0, 0.05) is 19.2 Å². The van der Waals surface area contributed by atoms with Crippen LogP contribution in [0.3, 0.4) is 0 Å². The van der Waals surface area contributed by atoms with Gasteiger partial charge in [0.25, 0.3) is 0 Å². The molecule has 96 valence electrons. The fourth-order valence-electron chi connectivity index (χ4n) is 2.05. The number of benzene rings is 1. The summed E-state index contributed by atoms with van der Waals surface area (Å²) in [5.74, 6) is 0.860. The highest BCUT2D eigenvalue weighted by Gasteiger charge is 2.12. The average molecular weight is 245 g/mol. The fourth-order valence-corrected chi connectivity index (χ4v) is 2.05. The number of methoxy groups -OCH3 is 1. The Balaban J connectivity index is 2.56. The molecule has 0 aliphatic heterocycles. The van der Waals surface area contributed by atoms with Gasteiger partial charge < -0.3 is 10.5 Å². The summed E-state index contributed by atoms with van der Waals surface area (Å²) in [6.45, 7) is 2.59. The second-order valence-corrected chi connectivity index (χ2v) is 4.24. The van der Waals surface area contributed by atoms with Crippen molar-refractivity contribution >= 4 is 0 Å². The van der Waals surface area contributed by atoms with Gasteiger partial charge in [-0.3, -0.25) is 4.68 Å². The lowest BCUT2D eigenvalue weighted by Crippen LogP contribution is -1.99. The van der Waals surface area contributed by atoms with Gasteiger partial charge >= 0.3 is 0 Å². The summed E-state index contributed by atoms with van der Waals surface area (Å²) in [7, 11) is 3.61. The number of nitrogens with two attached hydrogens (primary N) is 1. The molecule has 2 rings (SSSR count). The van der Waals surface area contributed by atoms with Crippen molar-refractivity contribution in [2.45, 2.75) is 19.9 Å². The van der Waals surface area contributed by atoms with E-state index in [0.29, 0.717) is 6.54 Å². The summed E-state index contributed by atoms with van der Waals surface area (Å²) in [5, 5.41) is 4.37. The summed E-state index contributed by atoms with van der Waals surface area (Å²) < 4.78 is 7.27. The van der Waals surface area contributed by atoms with Crippen LogP contribution in [-0.4, -0.2) is 16.9 Å². The largest absolute Gasteiger partial charge is 0.496 e. The average Bonchev–Trinajstić information content (AvgIpc) is 2.79. The van der Waals surface area contributed by atoms with Gasteiger partial charge in [-0.15, -0.1) is 0 Å². The van der Waals surface area contributed by atoms with Crippen LogP contribution in [-0.2, 0) is 20.0 Å². The van der Waals surface area contributed by atoms with Crippen molar-refractivity contribution in [2.75, 3.05) is 7.11 Å². The maximum absolute atomic E-state index is 5.63. The van der Waals surface area contributed by atoms with Gasteiger partial charge in [0.2, 0.25) is 0 Å². The zero-order valence-electron chi connectivity index (χ0n) is 11.1. The Kier molecular flexibility index (Phi) is 3.67. The van der Waals surface area contributed by atoms with E-state index in [4.69, 9.17) is 10.5 Å². The highest BCUT2D eigenvalue weighted by Crippen LogP contribution is 2.31. The highest BCUT2D eigenvalue weighted by molar-refractivity contribution is 5.68. The molecule has 0 atom stereocenters. The molecule has 0 aliphatic rings. The molecule has 0 saturated heterocycles. The molecular formula is C14H19N3O. The van der Waals surface area contributed by atoms with Crippen LogP contribution in [0.1, 0.15) is 18.2 Å². The van der Waals surface area contributed by atoms with Crippen LogP contribution in [0.5, 0.6) is 5.75 Å². The van der Waals surface area contributed by atoms with Gasteiger partial charge in [0.05, 0.1) is 18.5 Å². The quantitative estimate of drug-likeness (QED) is 0.897. The molecule has 0 amide bonds. The normalized spacial score (nSPS) is 10.7. The molecule has 2 N–H and O–H groups in total. The Bertz CT molecular complexity index is 546. The van der Waals surface area contributed by atoms with Gasteiger partial charge in [-0.25, -0.2) is 0 Å². The first-order chi connectivity index (χ1) is 8.69. The van der Waals surface area contributed by atoms with E-state index in [1.807, 2.05) is 23.9 Å². The van der Waals surface area contributed by atoms with Crippen molar-refractivity contribution < 1.29 is 4.74 Å². The van der Waals surface area contributed by atoms with E-state index in [2.05, 4.69) is 24.2 Å². The molecule has 18 heavy (non-hydrogen) atoms. The number of hydrogen-bond acceptors (Lipinski definition) is 3. The first kappa shape index (κ1) is 12.6. The molecular weight excluding hydrogens is 226 g/mol. The molecule has 0 unspecified atom stereocenters. The van der Waals surface area contributed by atoms with Gasteiger partial charge in [-0.1, -0.05) is 13.0 Å². The van der Waals surface area contributed by atoms with Gasteiger partial charge in [0.1, 0.15) is 5.75 Å². The van der Waals surface area contributed by atoms with Crippen LogP contribution >= 0.6 is 0 Å². The maximum atomic E-state index is 5.63. The van der Waals surface area contributed by atoms with E-state index >= 15 is 0 Å². The van der Waals surface area contributed by atoms with Crippen LogP contribution in [0.25, 0.3) is 11.3 Å². The Morgan fingerprint density at radius 2 is 2.11 bits per heavy atom. The smallest absolute Gasteiger partial charge is 0.128 e. The number of nitrogens with zero attached hydrogens (tertiary/aromatic N) is 2. The first-order valence-corrected chi connectivity index (χ1v) is 6.09. The third kappa shape index (κ3) is 2.24. The Morgan fingerprint density at radius 1 is 1.33 bits per heavy atom. The third-order valence-corrected chi connectivity index (χ3v) is 3.09. The van der Waals surface area contributed by atoms with Crippen LogP contribution in [0.15, 0.2) is 24.3 Å². The predicted octanol–water partition coefficient (Wildman–Crippen LogP) is 2.12. The van der Waals surface area contributed by atoms with Crippen molar-refractivity contribution in [3.8, 4) is 17.0 Å². The number of hydrogen-bond donors (Lipinski definition) is 1. The molecule has 0 fully saturated rings. The number of ether oxygens (including phenoxy) is 1. The second kappa shape index (κ2) is 5.23. The van der Waals surface area contributed by atoms with Crippen molar-refractivity contribution in [3.05, 3.63) is 35.5 Å². The second-order valence-electron chi connectivity index (χ2n) is 4.24. The minimum Gasteiger partial charge on any atom is -0.496 e. The third-order valence-electron chi connectivity index (χ3n) is 3.09. The van der Waals surface area contributed by atoms with E-state index in [9.17, 15) is 0 Å². The van der Waals surface area contributed by atoms with Crippen molar-refractivity contribution in [1.29, 1.82) is 0 Å². The van der Waals surface area contributed by atoms with Gasteiger partial charge in [-0.2, -0.15) is 5.10 Å². The molecule has 1 aromatic carbocycles. The molecule has 4 heteroatoms. The van der Waals surface area contributed by atoms with Crippen LogP contribution < -0.4 is 10.5 Å². The molecule has 2 aromatic rings. The monoisotopic (exact) mass is 245 g/mol. The molecule has 1 heterocycles. The van der Waals surface area contributed by atoms with Crippen molar-refractivity contribution in [3.63, 3.8) is 0 Å². The zero-order chi connectivity index (χ0) is 13.1. The fraction of sp³-hybridized carbons (Fsp3) is 0.357. The number of rotatable bonds is 4. The molecule has 0 bridgehead atoms. The topological polar surface area (TPSA) is 53.1 Å². The lowest BCUT2D eigenvalue weighted by molar-refractivity contribution is 0.416. The predicted molar refractivity (Wildman–Crippen MR) is 72.5 cm³/mol. The van der Waals surface area contributed by atoms with Gasteiger partial charge in [-0.05, 0) is 30.2 Å². The van der Waals surface area contributed by atoms with Crippen molar-refractivity contribution in [2.24, 2.45) is 12.8 Å². The Hall–Kier alpha value is -1.81. The molecule has 1 aromatic heterocycles. The maximum Gasteiger partial charge on any atom is 0.128 e. The summed E-state index contributed by atoms with van der Waals surface area (Å²) in [5.41, 5.74) is 9.89. The minimum atomic E-state index is 0.448. The summed E-state index contributed by atoms with van der Waals surface area (Å²) in [6, 6.07) is 8.25. The summed E-state index contributed by atoms with van der Waals surface area (Å²) >= 11 is 0. The lowest BCUT2D eigenvalue weighted by Gasteiger charge is -2.10. The highest BCUT2D eigenvalue weighted by atomic mass is 16.5. The Morgan fingerprint density at radius 3 is 2.67 bits per heavy atom. The van der Waals surface area contributed by atoms with E-state index in [1.54, 1.807) is 7.11 Å². The van der Waals surface area contributed by atoms with Crippen LogP contribution in [0, 0.1) is 0 Å². The zero-order valence-corrected chi connectivity index (χ0v) is 11.1. The lowest BCUT2D eigenvalue weighted by atomic mass is 10.0. The van der Waals surface area contributed by atoms with E-state index in [1.165, 1.54) is 5.56 Å². The number of aryl methyl sites for hydroxylation is 2.